The van der Waals surface area contributed by atoms with Gasteiger partial charge in [-0.1, -0.05) is 0 Å². The van der Waals surface area contributed by atoms with Crippen molar-refractivity contribution in [3.8, 4) is 0 Å². The van der Waals surface area contributed by atoms with Crippen LogP contribution in [0.1, 0.15) is 48.8 Å². The number of aromatic nitrogens is 2. The highest BCUT2D eigenvalue weighted by molar-refractivity contribution is 5.92. The molecule has 1 aromatic heterocycles. The van der Waals surface area contributed by atoms with E-state index in [0.29, 0.717) is 12.5 Å². The summed E-state index contributed by atoms with van der Waals surface area (Å²) < 4.78 is 7.82. The molecule has 5 heteroatoms. The lowest BCUT2D eigenvalue weighted by Crippen LogP contribution is -2.12. The van der Waals surface area contributed by atoms with Gasteiger partial charge in [0.15, 0.2) is 0 Å². The summed E-state index contributed by atoms with van der Waals surface area (Å²) >= 11 is 0. The summed E-state index contributed by atoms with van der Waals surface area (Å²) in [7, 11) is 0. The Labute approximate surface area is 123 Å². The van der Waals surface area contributed by atoms with Crippen LogP contribution in [0.4, 0.5) is 0 Å². The summed E-state index contributed by atoms with van der Waals surface area (Å²) in [5.74, 6) is 0.673. The molecule has 0 unspecified atom stereocenters. The Morgan fingerprint density at radius 1 is 1.48 bits per heavy atom. The summed E-state index contributed by atoms with van der Waals surface area (Å²) in [6.45, 7) is 5.44. The number of rotatable bonds is 6. The van der Waals surface area contributed by atoms with Gasteiger partial charge in [-0.15, -0.1) is 0 Å². The fourth-order valence-corrected chi connectivity index (χ4v) is 2.55. The number of carbonyl (C=O) groups is 1. The zero-order valence-corrected chi connectivity index (χ0v) is 12.4. The van der Waals surface area contributed by atoms with Gasteiger partial charge >= 0.3 is 5.97 Å². The molecule has 112 valence electrons. The number of ether oxygens (including phenoxy) is 1. The molecule has 3 rings (SSSR count). The van der Waals surface area contributed by atoms with Crippen molar-refractivity contribution in [2.75, 3.05) is 6.61 Å². The fourth-order valence-electron chi connectivity index (χ4n) is 2.55. The third kappa shape index (κ3) is 2.93. The van der Waals surface area contributed by atoms with Crippen LogP contribution in [0.3, 0.4) is 0 Å². The van der Waals surface area contributed by atoms with Crippen molar-refractivity contribution < 1.29 is 14.6 Å². The highest BCUT2D eigenvalue weighted by Gasteiger charge is 2.29. The van der Waals surface area contributed by atoms with E-state index in [0.717, 1.165) is 23.4 Å². The molecule has 1 N–H and O–H groups in total. The summed E-state index contributed by atoms with van der Waals surface area (Å²) in [6, 6.07) is 5.15. The smallest absolute Gasteiger partial charge is 0.335 e. The van der Waals surface area contributed by atoms with E-state index in [9.17, 15) is 4.79 Å². The molecule has 0 radical (unpaired) electrons. The van der Waals surface area contributed by atoms with E-state index in [4.69, 9.17) is 9.84 Å². The molecule has 1 fully saturated rings. The summed E-state index contributed by atoms with van der Waals surface area (Å²) in [6.07, 6.45) is 2.54. The van der Waals surface area contributed by atoms with Gasteiger partial charge in [0.25, 0.3) is 0 Å². The molecular formula is C16H20N2O3. The molecule has 1 heterocycles. The first kappa shape index (κ1) is 14.1. The molecule has 2 aromatic rings. The van der Waals surface area contributed by atoms with Crippen LogP contribution in [-0.2, 0) is 11.3 Å². The summed E-state index contributed by atoms with van der Waals surface area (Å²) in [5.41, 5.74) is 2.04. The molecule has 0 amide bonds. The Hall–Kier alpha value is -1.88. The van der Waals surface area contributed by atoms with Gasteiger partial charge in [0.05, 0.1) is 29.3 Å². The molecule has 0 saturated heterocycles. The van der Waals surface area contributed by atoms with Gasteiger partial charge in [0.2, 0.25) is 0 Å². The molecule has 1 aliphatic rings. The van der Waals surface area contributed by atoms with E-state index < -0.39 is 5.97 Å². The van der Waals surface area contributed by atoms with Gasteiger partial charge in [-0.3, -0.25) is 0 Å². The van der Waals surface area contributed by atoms with Crippen LogP contribution in [0.2, 0.25) is 0 Å². The SMILES string of the molecule is CC(C)OCCn1c(C2CC2)nc2cc(C(=O)O)ccc21. The van der Waals surface area contributed by atoms with E-state index in [-0.39, 0.29) is 11.7 Å². The Balaban J connectivity index is 1.95. The first-order valence-electron chi connectivity index (χ1n) is 7.41. The van der Waals surface area contributed by atoms with Crippen LogP contribution in [0, 0.1) is 0 Å². The number of hydrogen-bond donors (Lipinski definition) is 1. The van der Waals surface area contributed by atoms with Crippen molar-refractivity contribution in [2.45, 2.75) is 45.3 Å². The molecule has 21 heavy (non-hydrogen) atoms. The first-order valence-corrected chi connectivity index (χ1v) is 7.41. The van der Waals surface area contributed by atoms with E-state index in [1.54, 1.807) is 12.1 Å². The van der Waals surface area contributed by atoms with Gasteiger partial charge < -0.3 is 14.4 Å². The van der Waals surface area contributed by atoms with Crippen LogP contribution in [0.15, 0.2) is 18.2 Å². The number of benzene rings is 1. The fraction of sp³-hybridized carbons (Fsp3) is 0.500. The Kier molecular flexibility index (Phi) is 3.68. The second kappa shape index (κ2) is 5.48. The minimum absolute atomic E-state index is 0.211. The largest absolute Gasteiger partial charge is 0.478 e. The second-order valence-electron chi connectivity index (χ2n) is 5.82. The van der Waals surface area contributed by atoms with Crippen LogP contribution in [0.25, 0.3) is 11.0 Å². The minimum Gasteiger partial charge on any atom is -0.478 e. The highest BCUT2D eigenvalue weighted by Crippen LogP contribution is 2.40. The zero-order valence-electron chi connectivity index (χ0n) is 12.4. The standard InChI is InChI=1S/C16H20N2O3/c1-10(2)21-8-7-18-14-6-5-12(16(19)20)9-13(14)17-15(18)11-3-4-11/h5-6,9-11H,3-4,7-8H2,1-2H3,(H,19,20). The number of carboxylic acid groups (broad SMARTS) is 1. The number of imidazole rings is 1. The molecular weight excluding hydrogens is 268 g/mol. The van der Waals surface area contributed by atoms with Crippen molar-refractivity contribution in [3.05, 3.63) is 29.6 Å². The Bertz CT molecular complexity index is 671. The van der Waals surface area contributed by atoms with Crippen molar-refractivity contribution >= 4 is 17.0 Å². The van der Waals surface area contributed by atoms with E-state index in [1.165, 1.54) is 12.8 Å². The predicted molar refractivity (Wildman–Crippen MR) is 79.8 cm³/mol. The quantitative estimate of drug-likeness (QED) is 0.887. The first-order chi connectivity index (χ1) is 10.1. The Morgan fingerprint density at radius 3 is 2.86 bits per heavy atom. The summed E-state index contributed by atoms with van der Waals surface area (Å²) in [4.78, 5) is 15.7. The van der Waals surface area contributed by atoms with Gasteiger partial charge in [-0.2, -0.15) is 0 Å². The molecule has 0 atom stereocenters. The number of hydrogen-bond acceptors (Lipinski definition) is 3. The predicted octanol–water partition coefficient (Wildman–Crippen LogP) is 3.04. The van der Waals surface area contributed by atoms with Crippen molar-refractivity contribution in [3.63, 3.8) is 0 Å². The molecule has 5 nitrogen and oxygen atoms in total. The number of fused-ring (bicyclic) bond motifs is 1. The Morgan fingerprint density at radius 2 is 2.24 bits per heavy atom. The van der Waals surface area contributed by atoms with E-state index in [2.05, 4.69) is 9.55 Å². The van der Waals surface area contributed by atoms with E-state index >= 15 is 0 Å². The normalized spacial score (nSPS) is 15.0. The van der Waals surface area contributed by atoms with Gasteiger partial charge in [0, 0.05) is 12.5 Å². The maximum absolute atomic E-state index is 11.1. The monoisotopic (exact) mass is 288 g/mol. The molecule has 1 saturated carbocycles. The van der Waals surface area contributed by atoms with Crippen molar-refractivity contribution in [2.24, 2.45) is 0 Å². The average molecular weight is 288 g/mol. The average Bonchev–Trinajstić information content (AvgIpc) is 3.21. The third-order valence-corrected chi connectivity index (χ3v) is 3.73. The summed E-state index contributed by atoms with van der Waals surface area (Å²) in [5, 5.41) is 9.09. The molecule has 1 aliphatic carbocycles. The third-order valence-electron chi connectivity index (χ3n) is 3.73. The lowest BCUT2D eigenvalue weighted by Gasteiger charge is -2.11. The van der Waals surface area contributed by atoms with Gasteiger partial charge in [-0.25, -0.2) is 9.78 Å². The molecule has 0 bridgehead atoms. The minimum atomic E-state index is -0.914. The van der Waals surface area contributed by atoms with Gasteiger partial charge in [-0.05, 0) is 44.9 Å². The second-order valence-corrected chi connectivity index (χ2v) is 5.82. The number of carboxylic acids is 1. The highest BCUT2D eigenvalue weighted by atomic mass is 16.5. The maximum Gasteiger partial charge on any atom is 0.335 e. The zero-order chi connectivity index (χ0) is 15.0. The molecule has 0 spiro atoms. The van der Waals surface area contributed by atoms with Crippen LogP contribution in [-0.4, -0.2) is 33.3 Å². The number of nitrogens with zero attached hydrogens (tertiary/aromatic N) is 2. The number of aromatic carboxylic acids is 1. The maximum atomic E-state index is 11.1. The van der Waals surface area contributed by atoms with E-state index in [1.807, 2.05) is 19.9 Å². The van der Waals surface area contributed by atoms with Crippen LogP contribution in [0.5, 0.6) is 0 Å². The van der Waals surface area contributed by atoms with Crippen LogP contribution >= 0.6 is 0 Å². The van der Waals surface area contributed by atoms with Crippen molar-refractivity contribution in [1.29, 1.82) is 0 Å². The lowest BCUT2D eigenvalue weighted by atomic mass is 10.2. The lowest BCUT2D eigenvalue weighted by molar-refractivity contribution is 0.0696. The molecule has 1 aromatic carbocycles. The van der Waals surface area contributed by atoms with Crippen LogP contribution < -0.4 is 0 Å². The van der Waals surface area contributed by atoms with Crippen molar-refractivity contribution in [1.82, 2.24) is 9.55 Å². The topological polar surface area (TPSA) is 64.4 Å². The van der Waals surface area contributed by atoms with Gasteiger partial charge in [0.1, 0.15) is 5.82 Å². The molecule has 0 aliphatic heterocycles.